The molecular weight excluding hydrogens is 366 g/mol. The molecule has 4 aliphatic rings. The number of piperidine rings is 3. The Morgan fingerprint density at radius 3 is 2.62 bits per heavy atom. The van der Waals surface area contributed by atoms with Crippen molar-refractivity contribution in [1.82, 2.24) is 14.8 Å². The van der Waals surface area contributed by atoms with Gasteiger partial charge in [-0.2, -0.15) is 0 Å². The Bertz CT molecular complexity index is 895. The van der Waals surface area contributed by atoms with Crippen molar-refractivity contribution in [2.75, 3.05) is 33.9 Å². The average Bonchev–Trinajstić information content (AvgIpc) is 3.22. The molecule has 1 aromatic carbocycles. The molecule has 29 heavy (non-hydrogen) atoms. The number of pyridine rings is 1. The molecular formula is C23H27N3O3. The molecule has 1 amide bonds. The number of benzene rings is 1. The first-order valence-corrected chi connectivity index (χ1v) is 10.4. The molecule has 152 valence electrons. The lowest BCUT2D eigenvalue weighted by Gasteiger charge is -2.51. The first-order valence-electron chi connectivity index (χ1n) is 10.4. The Morgan fingerprint density at radius 2 is 1.93 bits per heavy atom. The molecule has 3 atom stereocenters. The minimum absolute atomic E-state index is 0.0552. The summed E-state index contributed by atoms with van der Waals surface area (Å²) >= 11 is 0. The van der Waals surface area contributed by atoms with Crippen LogP contribution in [0.1, 0.15) is 34.7 Å². The Balaban J connectivity index is 1.52. The molecule has 4 fully saturated rings. The zero-order chi connectivity index (χ0) is 20.0. The largest absolute Gasteiger partial charge is 0.497 e. The highest BCUT2D eigenvalue weighted by molar-refractivity contribution is 5.97. The van der Waals surface area contributed by atoms with Crippen LogP contribution in [0.4, 0.5) is 0 Å². The number of nitrogens with zero attached hydrogens (tertiary/aromatic N) is 3. The number of likely N-dealkylation sites (tertiary alicyclic amines) is 1. The Morgan fingerprint density at radius 1 is 1.10 bits per heavy atom. The van der Waals surface area contributed by atoms with Crippen LogP contribution in [0.25, 0.3) is 0 Å². The third-order valence-electron chi connectivity index (χ3n) is 7.01. The van der Waals surface area contributed by atoms with Crippen LogP contribution in [-0.2, 0) is 0 Å². The van der Waals surface area contributed by atoms with Crippen molar-refractivity contribution in [1.29, 1.82) is 0 Å². The third-order valence-corrected chi connectivity index (χ3v) is 7.01. The number of ether oxygens (including phenoxy) is 2. The second-order valence-corrected chi connectivity index (χ2v) is 8.27. The van der Waals surface area contributed by atoms with Crippen LogP contribution in [-0.4, -0.2) is 66.6 Å². The third kappa shape index (κ3) is 2.97. The molecule has 3 unspecified atom stereocenters. The van der Waals surface area contributed by atoms with E-state index in [1.165, 1.54) is 18.4 Å². The van der Waals surface area contributed by atoms with Gasteiger partial charge in [-0.05, 0) is 55.6 Å². The fourth-order valence-corrected chi connectivity index (χ4v) is 5.67. The van der Waals surface area contributed by atoms with Gasteiger partial charge in [0.2, 0.25) is 0 Å². The van der Waals surface area contributed by atoms with Crippen molar-refractivity contribution in [3.8, 4) is 11.5 Å². The number of carbonyl (C=O) groups is 1. The normalized spacial score (nSPS) is 30.1. The molecule has 2 aromatic rings. The molecule has 1 aromatic heterocycles. The Labute approximate surface area is 171 Å². The van der Waals surface area contributed by atoms with Crippen molar-refractivity contribution < 1.29 is 14.3 Å². The smallest absolute Gasteiger partial charge is 0.257 e. The van der Waals surface area contributed by atoms with E-state index in [1.54, 1.807) is 20.3 Å². The monoisotopic (exact) mass is 393 g/mol. The van der Waals surface area contributed by atoms with Gasteiger partial charge in [-0.1, -0.05) is 6.07 Å². The highest BCUT2D eigenvalue weighted by Crippen LogP contribution is 2.47. The summed E-state index contributed by atoms with van der Waals surface area (Å²) in [6.45, 7) is 3.00. The second kappa shape index (κ2) is 7.34. The minimum Gasteiger partial charge on any atom is -0.497 e. The van der Waals surface area contributed by atoms with Crippen LogP contribution in [0.3, 0.4) is 0 Å². The molecule has 0 N–H and O–H groups in total. The molecule has 0 radical (unpaired) electrons. The second-order valence-electron chi connectivity index (χ2n) is 8.27. The Kier molecular flexibility index (Phi) is 4.66. The molecule has 0 spiro atoms. The van der Waals surface area contributed by atoms with E-state index in [4.69, 9.17) is 9.47 Å². The van der Waals surface area contributed by atoms with Gasteiger partial charge in [-0.3, -0.25) is 14.7 Å². The zero-order valence-corrected chi connectivity index (χ0v) is 17.0. The maximum atomic E-state index is 13.7. The number of fused-ring (bicyclic) bond motifs is 2. The van der Waals surface area contributed by atoms with E-state index in [-0.39, 0.29) is 11.9 Å². The molecule has 5 heterocycles. The van der Waals surface area contributed by atoms with Crippen molar-refractivity contribution in [2.45, 2.75) is 30.8 Å². The number of aromatic nitrogens is 1. The fraction of sp³-hybridized carbons (Fsp3) is 0.478. The molecule has 4 saturated heterocycles. The average molecular weight is 393 g/mol. The summed E-state index contributed by atoms with van der Waals surface area (Å²) in [7, 11) is 3.22. The number of amides is 1. The van der Waals surface area contributed by atoms with E-state index in [9.17, 15) is 4.79 Å². The number of hydrogen-bond donors (Lipinski definition) is 0. The molecule has 4 aliphatic heterocycles. The van der Waals surface area contributed by atoms with E-state index in [1.807, 2.05) is 30.6 Å². The molecule has 2 bridgehead atoms. The summed E-state index contributed by atoms with van der Waals surface area (Å²) in [6.07, 6.45) is 6.12. The van der Waals surface area contributed by atoms with Crippen molar-refractivity contribution in [3.63, 3.8) is 0 Å². The van der Waals surface area contributed by atoms with Gasteiger partial charge in [0.25, 0.3) is 5.91 Å². The minimum atomic E-state index is 0.0552. The first-order chi connectivity index (χ1) is 14.2. The van der Waals surface area contributed by atoms with Gasteiger partial charge in [0.1, 0.15) is 11.5 Å². The van der Waals surface area contributed by atoms with Gasteiger partial charge in [0.05, 0.1) is 25.8 Å². The summed E-state index contributed by atoms with van der Waals surface area (Å²) < 4.78 is 10.8. The Hall–Kier alpha value is -2.60. The zero-order valence-electron chi connectivity index (χ0n) is 17.0. The maximum absolute atomic E-state index is 13.7. The van der Waals surface area contributed by atoms with Crippen LogP contribution in [0.15, 0.2) is 42.7 Å². The van der Waals surface area contributed by atoms with E-state index >= 15 is 0 Å². The van der Waals surface area contributed by atoms with Crippen LogP contribution in [0, 0.1) is 5.92 Å². The first kappa shape index (κ1) is 18.4. The highest BCUT2D eigenvalue weighted by Gasteiger charge is 2.54. The number of carbonyl (C=O) groups excluding carboxylic acids is 1. The highest BCUT2D eigenvalue weighted by atomic mass is 16.5. The number of hydrogen-bond acceptors (Lipinski definition) is 5. The lowest BCUT2D eigenvalue weighted by molar-refractivity contribution is -0.00350. The summed E-state index contributed by atoms with van der Waals surface area (Å²) in [4.78, 5) is 22.8. The topological polar surface area (TPSA) is 54.9 Å². The molecule has 0 aliphatic carbocycles. The fourth-order valence-electron chi connectivity index (χ4n) is 5.67. The van der Waals surface area contributed by atoms with Gasteiger partial charge < -0.3 is 14.4 Å². The van der Waals surface area contributed by atoms with Gasteiger partial charge >= 0.3 is 0 Å². The van der Waals surface area contributed by atoms with Crippen LogP contribution in [0.5, 0.6) is 11.5 Å². The van der Waals surface area contributed by atoms with Gasteiger partial charge in [-0.25, -0.2) is 0 Å². The maximum Gasteiger partial charge on any atom is 0.257 e. The van der Waals surface area contributed by atoms with Gasteiger partial charge in [0, 0.05) is 37.0 Å². The van der Waals surface area contributed by atoms with Crippen molar-refractivity contribution in [3.05, 3.63) is 53.9 Å². The lowest BCUT2D eigenvalue weighted by atomic mass is 9.75. The van der Waals surface area contributed by atoms with E-state index in [0.717, 1.165) is 19.6 Å². The predicted molar refractivity (Wildman–Crippen MR) is 109 cm³/mol. The van der Waals surface area contributed by atoms with Gasteiger partial charge in [-0.15, -0.1) is 0 Å². The standard InChI is InChI=1S/C23H27N3O3/c1-28-17-5-6-18(20(12-17)29-2)23(27)26-14-19(16-4-3-9-24-13-16)22-21(26)15-7-10-25(22)11-8-15/h3-6,9,12-13,15,19,21-22H,7-8,10-11,14H2,1-2H3. The number of methoxy groups -OCH3 is 2. The molecule has 0 saturated carbocycles. The van der Waals surface area contributed by atoms with Crippen LogP contribution >= 0.6 is 0 Å². The molecule has 6 heteroatoms. The number of rotatable bonds is 4. The molecule has 6 rings (SSSR count). The van der Waals surface area contributed by atoms with Crippen molar-refractivity contribution >= 4 is 5.91 Å². The quantitative estimate of drug-likeness (QED) is 0.800. The molecule has 6 nitrogen and oxygen atoms in total. The SMILES string of the molecule is COc1ccc(C(=O)N2CC(c3cccnc3)C3C2C2CCN3CC2)c(OC)c1. The summed E-state index contributed by atoms with van der Waals surface area (Å²) in [5.74, 6) is 2.18. The predicted octanol–water partition coefficient (Wildman–Crippen LogP) is 2.80. The van der Waals surface area contributed by atoms with E-state index in [0.29, 0.717) is 34.9 Å². The summed E-state index contributed by atoms with van der Waals surface area (Å²) in [5, 5.41) is 0. The lowest BCUT2D eigenvalue weighted by Crippen LogP contribution is -2.60. The van der Waals surface area contributed by atoms with Crippen LogP contribution in [0.2, 0.25) is 0 Å². The van der Waals surface area contributed by atoms with E-state index in [2.05, 4.69) is 20.9 Å². The van der Waals surface area contributed by atoms with Crippen molar-refractivity contribution in [2.24, 2.45) is 5.92 Å². The summed E-state index contributed by atoms with van der Waals surface area (Å²) in [5.41, 5.74) is 1.84. The van der Waals surface area contributed by atoms with E-state index < -0.39 is 0 Å². The van der Waals surface area contributed by atoms with Gasteiger partial charge in [0.15, 0.2) is 0 Å². The summed E-state index contributed by atoms with van der Waals surface area (Å²) in [6, 6.07) is 10.2. The van der Waals surface area contributed by atoms with Crippen LogP contribution < -0.4 is 9.47 Å².